The Hall–Kier alpha value is -1.42. The van der Waals surface area contributed by atoms with Gasteiger partial charge >= 0.3 is 0 Å². The molecule has 2 fully saturated rings. The number of aromatic nitrogens is 1. The Morgan fingerprint density at radius 1 is 1.47 bits per heavy atom. The summed E-state index contributed by atoms with van der Waals surface area (Å²) in [5, 5.41) is 3.54. The zero-order chi connectivity index (χ0) is 13.1. The van der Waals surface area contributed by atoms with E-state index in [0.717, 1.165) is 31.6 Å². The Morgan fingerprint density at radius 2 is 2.42 bits per heavy atom. The average molecular weight is 259 g/mol. The fourth-order valence-electron chi connectivity index (χ4n) is 3.21. The van der Waals surface area contributed by atoms with E-state index in [9.17, 15) is 4.79 Å². The SMILES string of the molecule is O=C(CCc1cccnc1)N1CC2CCCNC2C1. The average Bonchev–Trinajstić information content (AvgIpc) is 2.90. The van der Waals surface area contributed by atoms with Gasteiger partial charge in [0.2, 0.25) is 5.91 Å². The van der Waals surface area contributed by atoms with E-state index in [1.54, 1.807) is 6.20 Å². The van der Waals surface area contributed by atoms with Crippen LogP contribution in [0.5, 0.6) is 0 Å². The Balaban J connectivity index is 1.51. The number of carbonyl (C=O) groups is 1. The maximum Gasteiger partial charge on any atom is 0.222 e. The molecule has 1 aromatic heterocycles. The summed E-state index contributed by atoms with van der Waals surface area (Å²) in [5.74, 6) is 0.969. The van der Waals surface area contributed by atoms with Crippen molar-refractivity contribution in [3.63, 3.8) is 0 Å². The second-order valence-corrected chi connectivity index (χ2v) is 5.62. The van der Waals surface area contributed by atoms with E-state index in [1.807, 2.05) is 23.2 Å². The highest BCUT2D eigenvalue weighted by Gasteiger charge is 2.35. The number of pyridine rings is 1. The summed E-state index contributed by atoms with van der Waals surface area (Å²) in [6, 6.07) is 4.50. The van der Waals surface area contributed by atoms with Gasteiger partial charge in [-0.05, 0) is 43.4 Å². The van der Waals surface area contributed by atoms with Crippen molar-refractivity contribution in [3.05, 3.63) is 30.1 Å². The van der Waals surface area contributed by atoms with Gasteiger partial charge in [0.1, 0.15) is 0 Å². The second-order valence-electron chi connectivity index (χ2n) is 5.62. The van der Waals surface area contributed by atoms with Crippen molar-refractivity contribution in [1.29, 1.82) is 0 Å². The quantitative estimate of drug-likeness (QED) is 0.888. The number of fused-ring (bicyclic) bond motifs is 1. The Bertz CT molecular complexity index is 420. The van der Waals surface area contributed by atoms with Crippen molar-refractivity contribution in [1.82, 2.24) is 15.2 Å². The minimum Gasteiger partial charge on any atom is -0.341 e. The lowest BCUT2D eigenvalue weighted by atomic mass is 9.94. The number of rotatable bonds is 3. The minimum atomic E-state index is 0.292. The van der Waals surface area contributed by atoms with E-state index >= 15 is 0 Å². The number of carbonyl (C=O) groups excluding carboxylic acids is 1. The van der Waals surface area contributed by atoms with Crippen LogP contribution in [0.15, 0.2) is 24.5 Å². The third-order valence-electron chi connectivity index (χ3n) is 4.30. The number of aryl methyl sites for hydroxylation is 1. The van der Waals surface area contributed by atoms with E-state index in [4.69, 9.17) is 0 Å². The molecule has 0 aliphatic carbocycles. The zero-order valence-electron chi connectivity index (χ0n) is 11.2. The molecular weight excluding hydrogens is 238 g/mol. The molecule has 2 aliphatic heterocycles. The predicted molar refractivity (Wildman–Crippen MR) is 73.7 cm³/mol. The summed E-state index contributed by atoms with van der Waals surface area (Å²) in [6.45, 7) is 2.96. The van der Waals surface area contributed by atoms with Gasteiger partial charge in [0, 0.05) is 37.9 Å². The van der Waals surface area contributed by atoms with Gasteiger partial charge < -0.3 is 10.2 Å². The maximum absolute atomic E-state index is 12.2. The van der Waals surface area contributed by atoms with Crippen LogP contribution in [0, 0.1) is 5.92 Å². The van der Waals surface area contributed by atoms with Gasteiger partial charge in [-0.2, -0.15) is 0 Å². The molecule has 0 bridgehead atoms. The highest BCUT2D eigenvalue weighted by Crippen LogP contribution is 2.25. The molecule has 1 N–H and O–H groups in total. The molecule has 2 atom stereocenters. The molecule has 2 saturated heterocycles. The third-order valence-corrected chi connectivity index (χ3v) is 4.30. The van der Waals surface area contributed by atoms with Crippen molar-refractivity contribution in [2.75, 3.05) is 19.6 Å². The van der Waals surface area contributed by atoms with Crippen molar-refractivity contribution in [3.8, 4) is 0 Å². The molecule has 1 amide bonds. The summed E-state index contributed by atoms with van der Waals surface area (Å²) in [6.07, 6.45) is 7.53. The van der Waals surface area contributed by atoms with E-state index in [1.165, 1.54) is 12.8 Å². The molecule has 102 valence electrons. The van der Waals surface area contributed by atoms with Gasteiger partial charge in [0.25, 0.3) is 0 Å². The van der Waals surface area contributed by atoms with Crippen molar-refractivity contribution < 1.29 is 4.79 Å². The zero-order valence-corrected chi connectivity index (χ0v) is 11.2. The Kier molecular flexibility index (Phi) is 3.78. The van der Waals surface area contributed by atoms with Crippen molar-refractivity contribution >= 4 is 5.91 Å². The number of hydrogen-bond acceptors (Lipinski definition) is 3. The van der Waals surface area contributed by atoms with Crippen LogP contribution in [0.3, 0.4) is 0 Å². The topological polar surface area (TPSA) is 45.2 Å². The maximum atomic E-state index is 12.2. The van der Waals surface area contributed by atoms with Gasteiger partial charge in [-0.3, -0.25) is 9.78 Å². The number of hydrogen-bond donors (Lipinski definition) is 1. The lowest BCUT2D eigenvalue weighted by Gasteiger charge is -2.24. The van der Waals surface area contributed by atoms with Crippen molar-refractivity contribution in [2.45, 2.75) is 31.7 Å². The molecule has 0 aromatic carbocycles. The van der Waals surface area contributed by atoms with Gasteiger partial charge in [0.15, 0.2) is 0 Å². The van der Waals surface area contributed by atoms with E-state index in [-0.39, 0.29) is 0 Å². The smallest absolute Gasteiger partial charge is 0.222 e. The highest BCUT2D eigenvalue weighted by atomic mass is 16.2. The first-order valence-electron chi connectivity index (χ1n) is 7.23. The van der Waals surface area contributed by atoms with Crippen LogP contribution in [0.2, 0.25) is 0 Å². The van der Waals surface area contributed by atoms with Crippen LogP contribution < -0.4 is 5.32 Å². The highest BCUT2D eigenvalue weighted by molar-refractivity contribution is 5.76. The number of nitrogens with zero attached hydrogens (tertiary/aromatic N) is 2. The normalized spacial score (nSPS) is 26.2. The molecule has 19 heavy (non-hydrogen) atoms. The fourth-order valence-corrected chi connectivity index (χ4v) is 3.21. The lowest BCUT2D eigenvalue weighted by molar-refractivity contribution is -0.130. The number of amides is 1. The van der Waals surface area contributed by atoms with E-state index < -0.39 is 0 Å². The molecule has 4 heteroatoms. The molecule has 0 spiro atoms. The predicted octanol–water partition coefficient (Wildman–Crippen LogP) is 1.22. The van der Waals surface area contributed by atoms with Crippen LogP contribution in [0.4, 0.5) is 0 Å². The third kappa shape index (κ3) is 2.95. The molecule has 4 nitrogen and oxygen atoms in total. The van der Waals surface area contributed by atoms with Crippen LogP contribution >= 0.6 is 0 Å². The first-order valence-corrected chi connectivity index (χ1v) is 7.23. The van der Waals surface area contributed by atoms with E-state index in [0.29, 0.717) is 24.3 Å². The molecule has 2 unspecified atom stereocenters. The van der Waals surface area contributed by atoms with Crippen LogP contribution in [0.25, 0.3) is 0 Å². The largest absolute Gasteiger partial charge is 0.341 e. The molecule has 0 radical (unpaired) electrons. The van der Waals surface area contributed by atoms with E-state index in [2.05, 4.69) is 10.3 Å². The summed E-state index contributed by atoms with van der Waals surface area (Å²) >= 11 is 0. The monoisotopic (exact) mass is 259 g/mol. The molecule has 1 aromatic rings. The van der Waals surface area contributed by atoms with Crippen LogP contribution in [-0.4, -0.2) is 41.5 Å². The molecule has 3 heterocycles. The second kappa shape index (κ2) is 5.70. The first kappa shape index (κ1) is 12.6. The van der Waals surface area contributed by atoms with Crippen molar-refractivity contribution in [2.24, 2.45) is 5.92 Å². The van der Waals surface area contributed by atoms with Crippen LogP contribution in [0.1, 0.15) is 24.8 Å². The number of piperidine rings is 1. The molecule has 2 aliphatic rings. The lowest BCUT2D eigenvalue weighted by Crippen LogP contribution is -2.41. The number of nitrogens with one attached hydrogen (secondary N) is 1. The molecule has 0 saturated carbocycles. The first-order chi connectivity index (χ1) is 9.33. The van der Waals surface area contributed by atoms with Gasteiger partial charge in [-0.1, -0.05) is 6.07 Å². The Labute approximate surface area is 114 Å². The molecular formula is C15H21N3O. The van der Waals surface area contributed by atoms with Gasteiger partial charge in [0.05, 0.1) is 0 Å². The summed E-state index contributed by atoms with van der Waals surface area (Å²) < 4.78 is 0. The summed E-state index contributed by atoms with van der Waals surface area (Å²) in [4.78, 5) is 18.4. The Morgan fingerprint density at radius 3 is 3.21 bits per heavy atom. The van der Waals surface area contributed by atoms with Crippen LogP contribution in [-0.2, 0) is 11.2 Å². The van der Waals surface area contributed by atoms with Gasteiger partial charge in [-0.25, -0.2) is 0 Å². The standard InChI is InChI=1S/C15H21N3O/c19-15(6-5-12-3-1-7-16-9-12)18-10-13-4-2-8-17-14(13)11-18/h1,3,7,9,13-14,17H,2,4-6,8,10-11H2. The minimum absolute atomic E-state index is 0.292. The molecule has 3 rings (SSSR count). The van der Waals surface area contributed by atoms with Gasteiger partial charge in [-0.15, -0.1) is 0 Å². The summed E-state index contributed by atoms with van der Waals surface area (Å²) in [7, 11) is 0. The fraction of sp³-hybridized carbons (Fsp3) is 0.600. The summed E-state index contributed by atoms with van der Waals surface area (Å²) in [5.41, 5.74) is 1.14. The number of likely N-dealkylation sites (tertiary alicyclic amines) is 1.